The molecular formula is C18H27N3O. The molecule has 1 aliphatic heterocycles. The van der Waals surface area contributed by atoms with Crippen LogP contribution in [0.5, 0.6) is 0 Å². The third-order valence-corrected chi connectivity index (χ3v) is 4.58. The number of rotatable bonds is 6. The number of nitrogens with zero attached hydrogens (tertiary/aromatic N) is 2. The maximum absolute atomic E-state index is 11.8. The SMILES string of the molecule is C[C@@H](CN1CCN(Cc2ccccc2)CC1)NC(=O)C1CC1. The van der Waals surface area contributed by atoms with Crippen molar-refractivity contribution >= 4 is 5.91 Å². The van der Waals surface area contributed by atoms with Crippen molar-refractivity contribution in [1.29, 1.82) is 0 Å². The van der Waals surface area contributed by atoms with Gasteiger partial charge in [-0.1, -0.05) is 30.3 Å². The highest BCUT2D eigenvalue weighted by molar-refractivity contribution is 5.81. The summed E-state index contributed by atoms with van der Waals surface area (Å²) in [7, 11) is 0. The van der Waals surface area contributed by atoms with Crippen molar-refractivity contribution in [2.45, 2.75) is 32.4 Å². The highest BCUT2D eigenvalue weighted by Gasteiger charge is 2.30. The molecule has 1 amide bonds. The van der Waals surface area contributed by atoms with Gasteiger partial charge in [0.1, 0.15) is 0 Å². The summed E-state index contributed by atoms with van der Waals surface area (Å²) >= 11 is 0. The summed E-state index contributed by atoms with van der Waals surface area (Å²) < 4.78 is 0. The molecule has 1 saturated carbocycles. The Kier molecular flexibility index (Phi) is 5.11. The lowest BCUT2D eigenvalue weighted by molar-refractivity contribution is -0.123. The van der Waals surface area contributed by atoms with Crippen LogP contribution in [0.3, 0.4) is 0 Å². The summed E-state index contributed by atoms with van der Waals surface area (Å²) in [6, 6.07) is 10.9. The van der Waals surface area contributed by atoms with Gasteiger partial charge in [0.2, 0.25) is 5.91 Å². The highest BCUT2D eigenvalue weighted by atomic mass is 16.2. The van der Waals surface area contributed by atoms with Crippen molar-refractivity contribution in [2.75, 3.05) is 32.7 Å². The lowest BCUT2D eigenvalue weighted by Gasteiger charge is -2.36. The van der Waals surface area contributed by atoms with E-state index in [1.54, 1.807) is 0 Å². The molecule has 4 heteroatoms. The second-order valence-corrected chi connectivity index (χ2v) is 6.75. The van der Waals surface area contributed by atoms with E-state index in [0.29, 0.717) is 5.92 Å². The van der Waals surface area contributed by atoms with Crippen LogP contribution >= 0.6 is 0 Å². The Bertz CT molecular complexity index is 478. The van der Waals surface area contributed by atoms with E-state index < -0.39 is 0 Å². The Labute approximate surface area is 133 Å². The molecule has 0 unspecified atom stereocenters. The minimum absolute atomic E-state index is 0.258. The van der Waals surface area contributed by atoms with Gasteiger partial charge in [-0.25, -0.2) is 0 Å². The Balaban J connectivity index is 1.37. The molecule has 22 heavy (non-hydrogen) atoms. The van der Waals surface area contributed by atoms with Crippen LogP contribution < -0.4 is 5.32 Å². The van der Waals surface area contributed by atoms with Gasteiger partial charge in [0.05, 0.1) is 0 Å². The summed E-state index contributed by atoms with van der Waals surface area (Å²) in [5.41, 5.74) is 1.39. The third kappa shape index (κ3) is 4.55. The molecule has 1 saturated heterocycles. The first-order valence-corrected chi connectivity index (χ1v) is 8.50. The normalized spacial score (nSPS) is 21.5. The largest absolute Gasteiger partial charge is 0.352 e. The molecule has 0 radical (unpaired) electrons. The van der Waals surface area contributed by atoms with Crippen LogP contribution in [0.15, 0.2) is 30.3 Å². The van der Waals surface area contributed by atoms with Crippen LogP contribution in [0.25, 0.3) is 0 Å². The van der Waals surface area contributed by atoms with E-state index in [1.165, 1.54) is 5.56 Å². The summed E-state index contributed by atoms with van der Waals surface area (Å²) in [5, 5.41) is 3.15. The van der Waals surface area contributed by atoms with Crippen molar-refractivity contribution in [3.8, 4) is 0 Å². The summed E-state index contributed by atoms with van der Waals surface area (Å²) in [6.07, 6.45) is 2.16. The smallest absolute Gasteiger partial charge is 0.223 e. The number of piperazine rings is 1. The number of benzene rings is 1. The van der Waals surface area contributed by atoms with E-state index in [2.05, 4.69) is 52.4 Å². The number of hydrogen-bond donors (Lipinski definition) is 1. The molecule has 1 aromatic carbocycles. The first-order chi connectivity index (χ1) is 10.7. The summed E-state index contributed by atoms with van der Waals surface area (Å²) in [5.74, 6) is 0.570. The van der Waals surface area contributed by atoms with Crippen molar-refractivity contribution in [3.63, 3.8) is 0 Å². The Morgan fingerprint density at radius 2 is 1.77 bits per heavy atom. The predicted octanol–water partition coefficient (Wildman–Crippen LogP) is 1.72. The fourth-order valence-corrected chi connectivity index (χ4v) is 3.11. The average molecular weight is 301 g/mol. The molecule has 3 rings (SSSR count). The topological polar surface area (TPSA) is 35.6 Å². The second-order valence-electron chi connectivity index (χ2n) is 6.75. The number of nitrogens with one attached hydrogen (secondary N) is 1. The van der Waals surface area contributed by atoms with E-state index in [4.69, 9.17) is 0 Å². The zero-order valence-corrected chi connectivity index (χ0v) is 13.5. The number of amides is 1. The lowest BCUT2D eigenvalue weighted by Crippen LogP contribution is -2.50. The van der Waals surface area contributed by atoms with E-state index >= 15 is 0 Å². The van der Waals surface area contributed by atoms with Crippen LogP contribution in [-0.4, -0.2) is 54.5 Å². The van der Waals surface area contributed by atoms with E-state index in [9.17, 15) is 4.79 Å². The Morgan fingerprint density at radius 1 is 1.14 bits per heavy atom. The first-order valence-electron chi connectivity index (χ1n) is 8.50. The molecule has 1 aliphatic carbocycles. The van der Waals surface area contributed by atoms with Crippen molar-refractivity contribution in [1.82, 2.24) is 15.1 Å². The van der Waals surface area contributed by atoms with Gasteiger partial charge in [0.25, 0.3) is 0 Å². The highest BCUT2D eigenvalue weighted by Crippen LogP contribution is 2.28. The molecule has 2 fully saturated rings. The predicted molar refractivity (Wildman–Crippen MR) is 88.5 cm³/mol. The number of carbonyl (C=O) groups excluding carboxylic acids is 1. The van der Waals surface area contributed by atoms with Gasteiger partial charge in [0.15, 0.2) is 0 Å². The molecule has 1 atom stereocenters. The van der Waals surface area contributed by atoms with E-state index in [-0.39, 0.29) is 11.9 Å². The Hall–Kier alpha value is -1.39. The van der Waals surface area contributed by atoms with Crippen LogP contribution in [0.1, 0.15) is 25.3 Å². The standard InChI is InChI=1S/C18H27N3O/c1-15(19-18(22)17-7-8-17)13-20-9-11-21(12-10-20)14-16-5-3-2-4-6-16/h2-6,15,17H,7-14H2,1H3,(H,19,22)/t15-/m0/s1. The molecule has 0 spiro atoms. The zero-order valence-electron chi connectivity index (χ0n) is 13.5. The maximum atomic E-state index is 11.8. The van der Waals surface area contributed by atoms with E-state index in [0.717, 1.165) is 52.1 Å². The number of hydrogen-bond acceptors (Lipinski definition) is 3. The molecule has 1 heterocycles. The van der Waals surface area contributed by atoms with Crippen molar-refractivity contribution in [2.24, 2.45) is 5.92 Å². The fourth-order valence-electron chi connectivity index (χ4n) is 3.11. The van der Waals surface area contributed by atoms with Crippen LogP contribution in [0, 0.1) is 5.92 Å². The van der Waals surface area contributed by atoms with Crippen molar-refractivity contribution in [3.05, 3.63) is 35.9 Å². The molecular weight excluding hydrogens is 274 g/mol. The van der Waals surface area contributed by atoms with Gasteiger partial charge in [-0.3, -0.25) is 14.6 Å². The summed E-state index contributed by atoms with van der Waals surface area (Å²) in [6.45, 7) is 8.54. The molecule has 0 bridgehead atoms. The average Bonchev–Trinajstić information content (AvgIpc) is 3.35. The quantitative estimate of drug-likeness (QED) is 0.869. The Morgan fingerprint density at radius 3 is 2.41 bits per heavy atom. The maximum Gasteiger partial charge on any atom is 0.223 e. The monoisotopic (exact) mass is 301 g/mol. The molecule has 2 aliphatic rings. The van der Waals surface area contributed by atoms with Gasteiger partial charge in [-0.2, -0.15) is 0 Å². The van der Waals surface area contributed by atoms with Gasteiger partial charge >= 0.3 is 0 Å². The van der Waals surface area contributed by atoms with Gasteiger partial charge < -0.3 is 5.32 Å². The molecule has 1 aromatic rings. The first kappa shape index (κ1) is 15.5. The molecule has 0 aromatic heterocycles. The molecule has 1 N–H and O–H groups in total. The van der Waals surface area contributed by atoms with Crippen LogP contribution in [-0.2, 0) is 11.3 Å². The molecule has 4 nitrogen and oxygen atoms in total. The minimum Gasteiger partial charge on any atom is -0.352 e. The van der Waals surface area contributed by atoms with Crippen molar-refractivity contribution < 1.29 is 4.79 Å². The van der Waals surface area contributed by atoms with Gasteiger partial charge in [0, 0.05) is 51.2 Å². The van der Waals surface area contributed by atoms with E-state index in [1.807, 2.05) is 0 Å². The van der Waals surface area contributed by atoms with Gasteiger partial charge in [-0.15, -0.1) is 0 Å². The number of carbonyl (C=O) groups is 1. The second kappa shape index (κ2) is 7.25. The van der Waals surface area contributed by atoms with Crippen LogP contribution in [0.2, 0.25) is 0 Å². The van der Waals surface area contributed by atoms with Gasteiger partial charge in [-0.05, 0) is 25.3 Å². The lowest BCUT2D eigenvalue weighted by atomic mass is 10.2. The molecule has 120 valence electrons. The zero-order chi connectivity index (χ0) is 15.4. The third-order valence-electron chi connectivity index (χ3n) is 4.58. The van der Waals surface area contributed by atoms with Crippen LogP contribution in [0.4, 0.5) is 0 Å². The fraction of sp³-hybridized carbons (Fsp3) is 0.611. The minimum atomic E-state index is 0.258. The summed E-state index contributed by atoms with van der Waals surface area (Å²) in [4.78, 5) is 16.8.